The van der Waals surface area contributed by atoms with E-state index < -0.39 is 5.97 Å². The van der Waals surface area contributed by atoms with E-state index in [9.17, 15) is 9.18 Å². The number of ether oxygens (including phenoxy) is 1. The summed E-state index contributed by atoms with van der Waals surface area (Å²) in [6.07, 6.45) is 1.12. The van der Waals surface area contributed by atoms with Gasteiger partial charge in [-0.05, 0) is 53.5 Å². The molecule has 2 aromatic carbocycles. The first-order valence-electron chi connectivity index (χ1n) is 6.37. The van der Waals surface area contributed by atoms with E-state index in [-0.39, 0.29) is 5.82 Å². The second-order valence-electron chi connectivity index (χ2n) is 4.59. The number of carboxylic acids is 1. The highest BCUT2D eigenvalue weighted by molar-refractivity contribution is 5.95. The molecule has 0 aromatic heterocycles. The molecule has 0 saturated heterocycles. The highest BCUT2D eigenvalue weighted by atomic mass is 19.1. The fourth-order valence-corrected chi connectivity index (χ4v) is 2.13. The predicted octanol–water partition coefficient (Wildman–Crippen LogP) is 3.66. The lowest BCUT2D eigenvalue weighted by Gasteiger charge is -2.11. The van der Waals surface area contributed by atoms with Crippen molar-refractivity contribution in [1.82, 2.24) is 0 Å². The molecule has 2 rings (SSSR count). The summed E-state index contributed by atoms with van der Waals surface area (Å²) in [5, 5.41) is 9.06. The third-order valence-electron chi connectivity index (χ3n) is 3.13. The van der Waals surface area contributed by atoms with Gasteiger partial charge in [-0.1, -0.05) is 18.2 Å². The summed E-state index contributed by atoms with van der Waals surface area (Å²) >= 11 is 0. The molecule has 0 aliphatic heterocycles. The minimum atomic E-state index is -1.05. The average molecular weight is 286 g/mol. The second kappa shape index (κ2) is 6.22. The molecule has 108 valence electrons. The molecule has 0 heterocycles. The molecule has 0 atom stereocenters. The van der Waals surface area contributed by atoms with Gasteiger partial charge in [0.2, 0.25) is 0 Å². The van der Waals surface area contributed by atoms with E-state index in [1.807, 2.05) is 13.0 Å². The van der Waals surface area contributed by atoms with Crippen molar-refractivity contribution >= 4 is 11.5 Å². The zero-order valence-electron chi connectivity index (χ0n) is 11.8. The van der Waals surface area contributed by atoms with Gasteiger partial charge < -0.3 is 9.84 Å². The third-order valence-corrected chi connectivity index (χ3v) is 3.13. The summed E-state index contributed by atoms with van der Waals surface area (Å²) in [7, 11) is 1.58. The van der Waals surface area contributed by atoms with Crippen LogP contribution in [0.4, 0.5) is 4.39 Å². The number of aryl methyl sites for hydroxylation is 1. The molecule has 4 heteroatoms. The third kappa shape index (κ3) is 3.48. The van der Waals surface area contributed by atoms with Crippen molar-refractivity contribution in [2.75, 3.05) is 7.11 Å². The smallest absolute Gasteiger partial charge is 0.328 e. The molecule has 21 heavy (non-hydrogen) atoms. The molecular formula is C17H15FO3. The number of benzene rings is 2. The first-order valence-corrected chi connectivity index (χ1v) is 6.37. The summed E-state index contributed by atoms with van der Waals surface area (Å²) in [5.74, 6) is -0.685. The number of carbonyl (C=O) groups is 1. The van der Waals surface area contributed by atoms with Crippen molar-refractivity contribution in [3.8, 4) is 5.75 Å². The fourth-order valence-electron chi connectivity index (χ4n) is 2.13. The monoisotopic (exact) mass is 286 g/mol. The fraction of sp³-hybridized carbons (Fsp3) is 0.118. The molecule has 0 radical (unpaired) electrons. The summed E-state index contributed by atoms with van der Waals surface area (Å²) in [5.41, 5.74) is 2.80. The van der Waals surface area contributed by atoms with E-state index in [4.69, 9.17) is 9.84 Å². The van der Waals surface area contributed by atoms with Crippen molar-refractivity contribution in [2.24, 2.45) is 0 Å². The topological polar surface area (TPSA) is 46.5 Å². The Morgan fingerprint density at radius 3 is 2.29 bits per heavy atom. The summed E-state index contributed by atoms with van der Waals surface area (Å²) in [6, 6.07) is 11.1. The van der Waals surface area contributed by atoms with Crippen LogP contribution in [-0.2, 0) is 4.79 Å². The van der Waals surface area contributed by atoms with Crippen LogP contribution < -0.4 is 4.74 Å². The zero-order valence-corrected chi connectivity index (χ0v) is 11.8. The number of halogens is 1. The predicted molar refractivity (Wildman–Crippen MR) is 78.8 cm³/mol. The lowest BCUT2D eigenvalue weighted by molar-refractivity contribution is -0.131. The molecule has 3 nitrogen and oxygen atoms in total. The molecule has 0 fully saturated rings. The molecule has 0 bridgehead atoms. The minimum absolute atomic E-state index is 0.362. The quantitative estimate of drug-likeness (QED) is 0.872. The Bertz CT molecular complexity index is 688. The molecule has 1 N–H and O–H groups in total. The molecule has 2 aromatic rings. The van der Waals surface area contributed by atoms with Crippen LogP contribution in [0, 0.1) is 12.7 Å². The zero-order chi connectivity index (χ0) is 15.4. The lowest BCUT2D eigenvalue weighted by Crippen LogP contribution is -1.96. The standard InChI is InChI=1S/C17H15FO3/c1-11-9-13(5-8-16(11)21-2)15(10-17(19)20)12-3-6-14(18)7-4-12/h3-10H,1-2H3,(H,19,20)/b15-10+. The van der Waals surface area contributed by atoms with Crippen LogP contribution in [0.5, 0.6) is 5.75 Å². The first-order chi connectivity index (χ1) is 10.0. The lowest BCUT2D eigenvalue weighted by atomic mass is 9.96. The van der Waals surface area contributed by atoms with E-state index in [2.05, 4.69) is 0 Å². The highest BCUT2D eigenvalue weighted by Gasteiger charge is 2.09. The van der Waals surface area contributed by atoms with Gasteiger partial charge in [0.05, 0.1) is 7.11 Å². The van der Waals surface area contributed by atoms with E-state index in [0.717, 1.165) is 23.0 Å². The van der Waals surface area contributed by atoms with Gasteiger partial charge in [0.25, 0.3) is 0 Å². The molecule has 0 amide bonds. The van der Waals surface area contributed by atoms with Gasteiger partial charge >= 0.3 is 5.97 Å². The Hall–Kier alpha value is -2.62. The number of carboxylic acid groups (broad SMARTS) is 1. The van der Waals surface area contributed by atoms with Crippen LogP contribution in [0.2, 0.25) is 0 Å². The van der Waals surface area contributed by atoms with Gasteiger partial charge in [0, 0.05) is 6.08 Å². The Morgan fingerprint density at radius 1 is 1.14 bits per heavy atom. The van der Waals surface area contributed by atoms with E-state index in [1.165, 1.54) is 12.1 Å². The summed E-state index contributed by atoms with van der Waals surface area (Å²) in [6.45, 7) is 1.88. The Morgan fingerprint density at radius 2 is 1.76 bits per heavy atom. The van der Waals surface area contributed by atoms with E-state index in [1.54, 1.807) is 31.4 Å². The van der Waals surface area contributed by atoms with Gasteiger partial charge in [-0.15, -0.1) is 0 Å². The maximum atomic E-state index is 13.0. The molecule has 0 aliphatic rings. The molecular weight excluding hydrogens is 271 g/mol. The largest absolute Gasteiger partial charge is 0.496 e. The van der Waals surface area contributed by atoms with Crippen LogP contribution in [-0.4, -0.2) is 18.2 Å². The van der Waals surface area contributed by atoms with E-state index >= 15 is 0 Å². The van der Waals surface area contributed by atoms with Gasteiger partial charge in [-0.2, -0.15) is 0 Å². The number of hydrogen-bond acceptors (Lipinski definition) is 2. The molecule has 0 saturated carbocycles. The number of hydrogen-bond donors (Lipinski definition) is 1. The van der Waals surface area contributed by atoms with Crippen molar-refractivity contribution < 1.29 is 19.0 Å². The first kappa shape index (κ1) is 14.8. The number of aliphatic carboxylic acids is 1. The van der Waals surface area contributed by atoms with E-state index in [0.29, 0.717) is 11.1 Å². The maximum absolute atomic E-state index is 13.0. The molecule has 0 aliphatic carbocycles. The van der Waals surface area contributed by atoms with Crippen LogP contribution in [0.1, 0.15) is 16.7 Å². The normalized spacial score (nSPS) is 11.3. The number of methoxy groups -OCH3 is 1. The highest BCUT2D eigenvalue weighted by Crippen LogP contribution is 2.28. The van der Waals surface area contributed by atoms with Gasteiger partial charge in [-0.25, -0.2) is 9.18 Å². The average Bonchev–Trinajstić information content (AvgIpc) is 2.45. The minimum Gasteiger partial charge on any atom is -0.496 e. The van der Waals surface area contributed by atoms with Crippen molar-refractivity contribution in [2.45, 2.75) is 6.92 Å². The second-order valence-corrected chi connectivity index (χ2v) is 4.59. The Balaban J connectivity index is 2.53. The van der Waals surface area contributed by atoms with Gasteiger partial charge in [-0.3, -0.25) is 0 Å². The Labute approximate surface area is 122 Å². The SMILES string of the molecule is COc1ccc(/C(=C/C(=O)O)c2ccc(F)cc2)cc1C. The molecule has 0 unspecified atom stereocenters. The maximum Gasteiger partial charge on any atom is 0.328 e. The van der Waals surface area contributed by atoms with Gasteiger partial charge in [0.1, 0.15) is 11.6 Å². The van der Waals surface area contributed by atoms with Crippen LogP contribution >= 0.6 is 0 Å². The number of rotatable bonds is 4. The van der Waals surface area contributed by atoms with Crippen molar-refractivity contribution in [3.63, 3.8) is 0 Å². The molecule has 0 spiro atoms. The summed E-state index contributed by atoms with van der Waals surface area (Å²) < 4.78 is 18.2. The summed E-state index contributed by atoms with van der Waals surface area (Å²) in [4.78, 5) is 11.1. The van der Waals surface area contributed by atoms with Crippen LogP contribution in [0.15, 0.2) is 48.5 Å². The van der Waals surface area contributed by atoms with Crippen molar-refractivity contribution in [3.05, 3.63) is 71.0 Å². The van der Waals surface area contributed by atoms with Gasteiger partial charge in [0.15, 0.2) is 0 Å². The van der Waals surface area contributed by atoms with Crippen LogP contribution in [0.25, 0.3) is 5.57 Å². The Kier molecular flexibility index (Phi) is 4.38. The van der Waals surface area contributed by atoms with Crippen molar-refractivity contribution in [1.29, 1.82) is 0 Å². The van der Waals surface area contributed by atoms with Crippen LogP contribution in [0.3, 0.4) is 0 Å².